The Bertz CT molecular complexity index is 148. The van der Waals surface area contributed by atoms with Gasteiger partial charge in [-0.25, -0.2) is 0 Å². The molecule has 0 aliphatic heterocycles. The van der Waals surface area contributed by atoms with E-state index in [1.807, 2.05) is 0 Å². The van der Waals surface area contributed by atoms with Gasteiger partial charge < -0.3 is 10.2 Å². The Labute approximate surface area is 65.7 Å². The maximum absolute atomic E-state index is 10.1. The summed E-state index contributed by atoms with van der Waals surface area (Å²) in [6.07, 6.45) is -0.455. The first kappa shape index (κ1) is 9.58. The molecule has 0 spiro atoms. The van der Waals surface area contributed by atoms with Crippen LogP contribution in [0.25, 0.3) is 0 Å². The van der Waals surface area contributed by atoms with Gasteiger partial charge in [-0.15, -0.1) is 0 Å². The standard InChI is InChI=1S/C4H5ClO4S/c5-10-2(4(8)9)1-3(6)7/h2H,1H2,(H,6,7)(H,8,9). The molecule has 6 heteroatoms. The number of carbonyl (C=O) groups is 2. The Morgan fingerprint density at radius 3 is 2.10 bits per heavy atom. The number of rotatable bonds is 4. The maximum atomic E-state index is 10.1. The third kappa shape index (κ3) is 3.58. The molecule has 0 amide bonds. The molecule has 0 aliphatic carbocycles. The van der Waals surface area contributed by atoms with Gasteiger partial charge in [0, 0.05) is 0 Å². The highest BCUT2D eigenvalue weighted by atomic mass is 35.7. The van der Waals surface area contributed by atoms with Crippen molar-refractivity contribution in [1.82, 2.24) is 0 Å². The highest BCUT2D eigenvalue weighted by molar-refractivity contribution is 8.22. The summed E-state index contributed by atoms with van der Waals surface area (Å²) >= 11 is 0. The molecule has 0 aliphatic rings. The zero-order valence-corrected chi connectivity index (χ0v) is 6.35. The first-order valence-electron chi connectivity index (χ1n) is 2.30. The molecule has 0 rings (SSSR count). The minimum atomic E-state index is -1.21. The van der Waals surface area contributed by atoms with E-state index < -0.39 is 23.6 Å². The van der Waals surface area contributed by atoms with Crippen LogP contribution in [0.1, 0.15) is 6.42 Å². The van der Waals surface area contributed by atoms with Crippen LogP contribution >= 0.6 is 21.7 Å². The Morgan fingerprint density at radius 2 is 2.00 bits per heavy atom. The van der Waals surface area contributed by atoms with Crippen molar-refractivity contribution in [3.8, 4) is 0 Å². The van der Waals surface area contributed by atoms with Crippen molar-refractivity contribution in [2.45, 2.75) is 11.7 Å². The summed E-state index contributed by atoms with van der Waals surface area (Å²) in [5.74, 6) is -2.37. The third-order valence-corrected chi connectivity index (χ3v) is 1.97. The zero-order chi connectivity index (χ0) is 8.15. The van der Waals surface area contributed by atoms with Crippen molar-refractivity contribution < 1.29 is 19.8 Å². The molecule has 4 nitrogen and oxygen atoms in total. The van der Waals surface area contributed by atoms with E-state index in [4.69, 9.17) is 20.9 Å². The van der Waals surface area contributed by atoms with E-state index in [2.05, 4.69) is 0 Å². The summed E-state index contributed by atoms with van der Waals surface area (Å²) in [5, 5.41) is 15.3. The largest absolute Gasteiger partial charge is 0.481 e. The second-order valence-corrected chi connectivity index (χ2v) is 2.80. The van der Waals surface area contributed by atoms with Crippen molar-refractivity contribution in [1.29, 1.82) is 0 Å². The molecular weight excluding hydrogens is 180 g/mol. The number of hydrogen-bond donors (Lipinski definition) is 2. The van der Waals surface area contributed by atoms with Crippen molar-refractivity contribution in [3.05, 3.63) is 0 Å². The van der Waals surface area contributed by atoms with Crippen LogP contribution in [0.2, 0.25) is 0 Å². The van der Waals surface area contributed by atoms with E-state index in [1.165, 1.54) is 0 Å². The highest BCUT2D eigenvalue weighted by Gasteiger charge is 2.20. The Hall–Kier alpha value is -0.420. The fourth-order valence-corrected chi connectivity index (χ4v) is 1.01. The lowest BCUT2D eigenvalue weighted by Crippen LogP contribution is -2.18. The van der Waals surface area contributed by atoms with Crippen LogP contribution in [0.15, 0.2) is 0 Å². The molecule has 0 aromatic carbocycles. The van der Waals surface area contributed by atoms with Gasteiger partial charge in [0.15, 0.2) is 0 Å². The molecule has 2 N–H and O–H groups in total. The summed E-state index contributed by atoms with van der Waals surface area (Å²) < 4.78 is 0. The number of aliphatic carboxylic acids is 2. The van der Waals surface area contributed by atoms with Gasteiger partial charge in [0.2, 0.25) is 0 Å². The van der Waals surface area contributed by atoms with Crippen LogP contribution in [0.3, 0.4) is 0 Å². The minimum Gasteiger partial charge on any atom is -0.481 e. The molecule has 0 aromatic rings. The van der Waals surface area contributed by atoms with E-state index in [1.54, 1.807) is 0 Å². The quantitative estimate of drug-likeness (QED) is 0.676. The molecule has 1 atom stereocenters. The lowest BCUT2D eigenvalue weighted by Gasteiger charge is -2.01. The van der Waals surface area contributed by atoms with Crippen molar-refractivity contribution in [2.75, 3.05) is 0 Å². The molecule has 0 aromatic heterocycles. The molecule has 58 valence electrons. The lowest BCUT2D eigenvalue weighted by molar-refractivity contribution is -0.142. The van der Waals surface area contributed by atoms with Crippen molar-refractivity contribution in [2.24, 2.45) is 0 Å². The van der Waals surface area contributed by atoms with Gasteiger partial charge >= 0.3 is 11.9 Å². The van der Waals surface area contributed by atoms with Gasteiger partial charge in [0.05, 0.1) is 6.42 Å². The minimum absolute atomic E-state index is 0.455. The van der Waals surface area contributed by atoms with E-state index in [0.717, 1.165) is 0 Å². The van der Waals surface area contributed by atoms with Crippen LogP contribution in [0.5, 0.6) is 0 Å². The fraction of sp³-hybridized carbons (Fsp3) is 0.500. The van der Waals surface area contributed by atoms with E-state index in [9.17, 15) is 9.59 Å². The van der Waals surface area contributed by atoms with Crippen LogP contribution in [0.4, 0.5) is 0 Å². The van der Waals surface area contributed by atoms with E-state index in [0.29, 0.717) is 11.0 Å². The molecule has 0 saturated heterocycles. The monoisotopic (exact) mass is 184 g/mol. The Morgan fingerprint density at radius 1 is 1.50 bits per heavy atom. The van der Waals surface area contributed by atoms with Gasteiger partial charge in [-0.3, -0.25) is 9.59 Å². The summed E-state index contributed by atoms with van der Waals surface area (Å²) in [4.78, 5) is 20.0. The predicted octanol–water partition coefficient (Wildman–Crippen LogP) is 0.801. The lowest BCUT2D eigenvalue weighted by atomic mass is 10.3. The molecule has 0 bridgehead atoms. The van der Waals surface area contributed by atoms with Gasteiger partial charge in [0.25, 0.3) is 0 Å². The topological polar surface area (TPSA) is 74.6 Å². The van der Waals surface area contributed by atoms with Crippen LogP contribution < -0.4 is 0 Å². The summed E-state index contributed by atoms with van der Waals surface area (Å²) in [6.45, 7) is 0. The number of halogens is 1. The van der Waals surface area contributed by atoms with Gasteiger partial charge in [-0.2, -0.15) is 0 Å². The molecule has 0 saturated carbocycles. The van der Waals surface area contributed by atoms with Crippen molar-refractivity contribution in [3.63, 3.8) is 0 Å². The zero-order valence-electron chi connectivity index (χ0n) is 4.78. The molecule has 0 radical (unpaired) electrons. The number of carboxylic acid groups (broad SMARTS) is 2. The van der Waals surface area contributed by atoms with Gasteiger partial charge in [0.1, 0.15) is 5.25 Å². The number of carboxylic acids is 2. The van der Waals surface area contributed by atoms with Gasteiger partial charge in [-0.1, -0.05) is 0 Å². The SMILES string of the molecule is O=C(O)CC(SCl)C(=O)O. The molecular formula is C4H5ClO4S. The van der Waals surface area contributed by atoms with Crippen LogP contribution in [-0.4, -0.2) is 27.4 Å². The normalized spacial score (nSPS) is 12.5. The predicted molar refractivity (Wildman–Crippen MR) is 37.1 cm³/mol. The van der Waals surface area contributed by atoms with Crippen molar-refractivity contribution >= 4 is 33.6 Å². The summed E-state index contributed by atoms with van der Waals surface area (Å²) in [6, 6.07) is 0. The molecule has 0 fully saturated rings. The second-order valence-electron chi connectivity index (χ2n) is 1.51. The van der Waals surface area contributed by atoms with E-state index in [-0.39, 0.29) is 0 Å². The summed E-state index contributed by atoms with van der Waals surface area (Å²) in [7, 11) is 5.58. The smallest absolute Gasteiger partial charge is 0.318 e. The number of hydrogen-bond acceptors (Lipinski definition) is 3. The first-order chi connectivity index (χ1) is 4.57. The average Bonchev–Trinajstić information content (AvgIpc) is 1.81. The second kappa shape index (κ2) is 4.40. The molecule has 0 heterocycles. The first-order valence-corrected chi connectivity index (χ1v) is 4.00. The highest BCUT2D eigenvalue weighted by Crippen LogP contribution is 2.18. The Kier molecular flexibility index (Phi) is 4.22. The van der Waals surface area contributed by atoms with Crippen LogP contribution in [0, 0.1) is 0 Å². The molecule has 10 heavy (non-hydrogen) atoms. The summed E-state index contributed by atoms with van der Waals surface area (Å²) in [5.41, 5.74) is 0. The molecule has 1 unspecified atom stereocenters. The third-order valence-electron chi connectivity index (χ3n) is 0.743. The van der Waals surface area contributed by atoms with E-state index >= 15 is 0 Å². The maximum Gasteiger partial charge on any atom is 0.318 e. The average molecular weight is 185 g/mol. The van der Waals surface area contributed by atoms with Crippen LogP contribution in [-0.2, 0) is 9.59 Å². The Balaban J connectivity index is 3.83. The fourth-order valence-electron chi connectivity index (χ4n) is 0.316. The van der Waals surface area contributed by atoms with Gasteiger partial charge in [-0.05, 0) is 21.7 Å².